The monoisotopic (exact) mass is 509 g/mol. The largest absolute Gasteiger partial charge is 0.481 e. The Balaban J connectivity index is 1.80. The summed E-state index contributed by atoms with van der Waals surface area (Å²) in [6, 6.07) is 17.7. The first-order chi connectivity index (χ1) is 17.0. The fraction of sp³-hybridized carbons (Fsp3) is 0.192. The van der Waals surface area contributed by atoms with E-state index < -0.39 is 27.7 Å². The number of amides is 1. The molecular weight excluding hydrogens is 485 g/mol. The highest BCUT2D eigenvalue weighted by Crippen LogP contribution is 2.37. The molecule has 1 heterocycles. The Morgan fingerprint density at radius 2 is 1.83 bits per heavy atom. The average Bonchev–Trinajstić information content (AvgIpc) is 3.15. The number of hydrogen-bond acceptors (Lipinski definition) is 5. The number of carboxylic acid groups (broad SMARTS) is 1. The Kier molecular flexibility index (Phi) is 6.89. The van der Waals surface area contributed by atoms with E-state index in [1.807, 2.05) is 0 Å². The lowest BCUT2D eigenvalue weighted by Crippen LogP contribution is -2.24. The highest BCUT2D eigenvalue weighted by atomic mass is 32.2. The molecule has 0 fully saturated rings. The van der Waals surface area contributed by atoms with Gasteiger partial charge in [-0.15, -0.1) is 0 Å². The number of anilines is 2. The minimum Gasteiger partial charge on any atom is -0.481 e. The Hall–Kier alpha value is -4.05. The molecule has 2 N–H and O–H groups in total. The first-order valence-electron chi connectivity index (χ1n) is 11.1. The van der Waals surface area contributed by atoms with Crippen molar-refractivity contribution in [3.05, 3.63) is 89.2 Å². The summed E-state index contributed by atoms with van der Waals surface area (Å²) in [4.78, 5) is 28.8. The molecule has 10 heteroatoms. The number of carboxylic acids is 1. The number of rotatable bonds is 8. The molecule has 0 aromatic heterocycles. The molecule has 3 aromatic rings. The van der Waals surface area contributed by atoms with Gasteiger partial charge in [-0.2, -0.15) is 0 Å². The molecule has 186 valence electrons. The van der Waals surface area contributed by atoms with Crippen molar-refractivity contribution in [1.29, 1.82) is 0 Å². The zero-order valence-corrected chi connectivity index (χ0v) is 20.4. The molecule has 0 spiro atoms. The number of carbonyl (C=O) groups is 2. The molecule has 1 aliphatic rings. The van der Waals surface area contributed by atoms with Gasteiger partial charge in [-0.05, 0) is 65.6 Å². The van der Waals surface area contributed by atoms with E-state index in [4.69, 9.17) is 10.1 Å². The number of nitrogens with one attached hydrogen (secondary N) is 1. The van der Waals surface area contributed by atoms with E-state index >= 15 is 0 Å². The lowest BCUT2D eigenvalue weighted by molar-refractivity contribution is -0.137. The Bertz CT molecular complexity index is 1470. The van der Waals surface area contributed by atoms with E-state index in [1.54, 1.807) is 54.6 Å². The highest BCUT2D eigenvalue weighted by molar-refractivity contribution is 7.92. The minimum atomic E-state index is -3.44. The van der Waals surface area contributed by atoms with Crippen molar-refractivity contribution in [2.45, 2.75) is 18.8 Å². The van der Waals surface area contributed by atoms with Crippen molar-refractivity contribution in [2.75, 3.05) is 22.9 Å². The van der Waals surface area contributed by atoms with Gasteiger partial charge < -0.3 is 10.4 Å². The number of fused-ring (bicyclic) bond motifs is 1. The van der Waals surface area contributed by atoms with Gasteiger partial charge in [0.2, 0.25) is 15.9 Å². The average molecular weight is 510 g/mol. The molecular formula is C26H24FN3O5S. The smallest absolute Gasteiger partial charge is 0.303 e. The fourth-order valence-corrected chi connectivity index (χ4v) is 4.51. The molecule has 0 bridgehead atoms. The number of sulfonamides is 1. The summed E-state index contributed by atoms with van der Waals surface area (Å²) in [5, 5.41) is 11.8. The number of carbonyl (C=O) groups excluding carboxylic acids is 1. The minimum absolute atomic E-state index is 0.0444. The SMILES string of the molecule is CN(c1ccc(N=C(c2cccc(CCC(=O)O)c2)C2C(=O)Nc3cc(F)ccc32)cc1)S(C)(=O)=O. The van der Waals surface area contributed by atoms with Crippen molar-refractivity contribution in [3.63, 3.8) is 0 Å². The van der Waals surface area contributed by atoms with Crippen LogP contribution in [0.15, 0.2) is 71.7 Å². The van der Waals surface area contributed by atoms with Gasteiger partial charge in [-0.3, -0.25) is 18.9 Å². The third-order valence-electron chi connectivity index (χ3n) is 5.93. The Morgan fingerprint density at radius 1 is 1.11 bits per heavy atom. The molecule has 1 aliphatic heterocycles. The van der Waals surface area contributed by atoms with Gasteiger partial charge in [0.25, 0.3) is 0 Å². The molecule has 1 amide bonds. The van der Waals surface area contributed by atoms with Crippen LogP contribution in [0.5, 0.6) is 0 Å². The van der Waals surface area contributed by atoms with E-state index in [1.165, 1.54) is 19.2 Å². The number of aliphatic carboxylic acids is 1. The van der Waals surface area contributed by atoms with Crippen LogP contribution in [0.25, 0.3) is 0 Å². The van der Waals surface area contributed by atoms with Crippen LogP contribution in [0, 0.1) is 5.82 Å². The van der Waals surface area contributed by atoms with Crippen LogP contribution in [-0.2, 0) is 26.0 Å². The maximum Gasteiger partial charge on any atom is 0.303 e. The summed E-state index contributed by atoms with van der Waals surface area (Å²) < 4.78 is 38.6. The van der Waals surface area contributed by atoms with Crippen molar-refractivity contribution < 1.29 is 27.5 Å². The van der Waals surface area contributed by atoms with Gasteiger partial charge in [0.1, 0.15) is 11.7 Å². The second-order valence-corrected chi connectivity index (χ2v) is 10.5. The summed E-state index contributed by atoms with van der Waals surface area (Å²) in [5.74, 6) is -2.58. The number of nitrogens with zero attached hydrogens (tertiary/aromatic N) is 2. The van der Waals surface area contributed by atoms with Crippen molar-refractivity contribution in [3.8, 4) is 0 Å². The predicted octanol–water partition coefficient (Wildman–Crippen LogP) is 4.10. The van der Waals surface area contributed by atoms with Crippen LogP contribution in [0.3, 0.4) is 0 Å². The first kappa shape index (κ1) is 25.1. The maximum absolute atomic E-state index is 13.8. The van der Waals surface area contributed by atoms with Crippen LogP contribution in [0.4, 0.5) is 21.5 Å². The molecule has 4 rings (SSSR count). The number of aliphatic imine (C=N–C) groups is 1. The van der Waals surface area contributed by atoms with E-state index in [-0.39, 0.29) is 12.3 Å². The summed E-state index contributed by atoms with van der Waals surface area (Å²) >= 11 is 0. The van der Waals surface area contributed by atoms with Crippen molar-refractivity contribution in [2.24, 2.45) is 4.99 Å². The zero-order chi connectivity index (χ0) is 26.0. The lowest BCUT2D eigenvalue weighted by Gasteiger charge is -2.17. The van der Waals surface area contributed by atoms with Crippen LogP contribution >= 0.6 is 0 Å². The normalized spacial score (nSPS) is 15.4. The number of halogens is 1. The van der Waals surface area contributed by atoms with E-state index in [9.17, 15) is 22.4 Å². The third kappa shape index (κ3) is 5.44. The Labute approximate surface area is 208 Å². The van der Waals surface area contributed by atoms with Gasteiger partial charge in [0.15, 0.2) is 0 Å². The van der Waals surface area contributed by atoms with Gasteiger partial charge in [-0.25, -0.2) is 12.8 Å². The quantitative estimate of drug-likeness (QED) is 0.444. The predicted molar refractivity (Wildman–Crippen MR) is 136 cm³/mol. The fourth-order valence-electron chi connectivity index (χ4n) is 4.01. The van der Waals surface area contributed by atoms with Gasteiger partial charge in [-0.1, -0.05) is 24.3 Å². The van der Waals surface area contributed by atoms with Crippen LogP contribution in [-0.4, -0.2) is 44.4 Å². The van der Waals surface area contributed by atoms with Gasteiger partial charge in [0, 0.05) is 19.2 Å². The summed E-state index contributed by atoms with van der Waals surface area (Å²) in [7, 11) is -1.99. The molecule has 36 heavy (non-hydrogen) atoms. The number of hydrogen-bond donors (Lipinski definition) is 2. The number of benzene rings is 3. The van der Waals surface area contributed by atoms with Gasteiger partial charge in [0.05, 0.1) is 23.3 Å². The van der Waals surface area contributed by atoms with E-state index in [0.29, 0.717) is 40.3 Å². The van der Waals surface area contributed by atoms with Crippen molar-refractivity contribution >= 4 is 44.7 Å². The maximum atomic E-state index is 13.8. The molecule has 0 saturated heterocycles. The topological polar surface area (TPSA) is 116 Å². The molecule has 1 atom stereocenters. The zero-order valence-electron chi connectivity index (χ0n) is 19.6. The molecule has 3 aromatic carbocycles. The summed E-state index contributed by atoms with van der Waals surface area (Å²) in [5.41, 5.74) is 3.66. The molecule has 0 radical (unpaired) electrons. The second kappa shape index (κ2) is 9.90. The molecule has 1 unspecified atom stereocenters. The van der Waals surface area contributed by atoms with E-state index in [2.05, 4.69) is 5.32 Å². The van der Waals surface area contributed by atoms with Crippen LogP contribution in [0.2, 0.25) is 0 Å². The standard InChI is InChI=1S/C26H24FN3O5S/c1-30(36(2,34)35)20-10-8-19(9-11-20)28-25(17-5-3-4-16(14-17)6-13-23(31)32)24-21-12-7-18(27)15-22(21)29-26(24)33/h3-5,7-12,14-15,24H,6,13H2,1-2H3,(H,29,33)(H,31,32). The lowest BCUT2D eigenvalue weighted by atomic mass is 9.89. The third-order valence-corrected chi connectivity index (χ3v) is 7.14. The molecule has 0 aliphatic carbocycles. The van der Waals surface area contributed by atoms with Crippen molar-refractivity contribution in [1.82, 2.24) is 0 Å². The van der Waals surface area contributed by atoms with Crippen LogP contribution < -0.4 is 9.62 Å². The molecule has 0 saturated carbocycles. The van der Waals surface area contributed by atoms with Crippen LogP contribution in [0.1, 0.15) is 29.0 Å². The number of aryl methyl sites for hydroxylation is 1. The summed E-state index contributed by atoms with van der Waals surface area (Å²) in [6.07, 6.45) is 1.37. The molecule has 8 nitrogen and oxygen atoms in total. The highest BCUT2D eigenvalue weighted by Gasteiger charge is 2.35. The van der Waals surface area contributed by atoms with E-state index in [0.717, 1.165) is 16.1 Å². The first-order valence-corrected chi connectivity index (χ1v) is 12.9. The second-order valence-electron chi connectivity index (χ2n) is 8.49. The summed E-state index contributed by atoms with van der Waals surface area (Å²) in [6.45, 7) is 0. The van der Waals surface area contributed by atoms with Gasteiger partial charge >= 0.3 is 5.97 Å². The Morgan fingerprint density at radius 3 is 2.50 bits per heavy atom.